The minimum atomic E-state index is -0.200. The second-order valence-electron chi connectivity index (χ2n) is 6.58. The number of anilines is 1. The van der Waals surface area contributed by atoms with Gasteiger partial charge in [0.25, 0.3) is 0 Å². The Bertz CT molecular complexity index is 692. The number of carbonyl (C=O) groups excluding carboxylic acids is 1. The van der Waals surface area contributed by atoms with E-state index in [9.17, 15) is 4.79 Å². The maximum Gasteiger partial charge on any atom is 0.319 e. The summed E-state index contributed by atoms with van der Waals surface area (Å²) in [5, 5.41) is 9.87. The van der Waals surface area contributed by atoms with Gasteiger partial charge in [0.1, 0.15) is 0 Å². The highest BCUT2D eigenvalue weighted by atomic mass is 35.5. The maximum absolute atomic E-state index is 12.0. The Morgan fingerprint density at radius 2 is 2.00 bits per heavy atom. The summed E-state index contributed by atoms with van der Waals surface area (Å²) in [6.45, 7) is 1.62. The standard InChI is InChI=1S/C20H24ClN3O/c21-17-7-4-8-18(13-17)24-20(25)23-14-19-12-16(9-10-22-19)11-15-5-2-1-3-6-15/h1-8,13,16,19,22H,9-12,14H2,(H2,23,24,25)/t16-,19-/m0/s1. The fourth-order valence-electron chi connectivity index (χ4n) is 3.34. The van der Waals surface area contributed by atoms with Crippen molar-refractivity contribution < 1.29 is 4.79 Å². The predicted molar refractivity (Wildman–Crippen MR) is 103 cm³/mol. The molecule has 132 valence electrons. The zero-order chi connectivity index (χ0) is 17.5. The number of rotatable bonds is 5. The first-order valence-corrected chi connectivity index (χ1v) is 9.14. The molecule has 1 heterocycles. The first-order valence-electron chi connectivity index (χ1n) is 8.77. The lowest BCUT2D eigenvalue weighted by Gasteiger charge is -2.30. The van der Waals surface area contributed by atoms with Gasteiger partial charge in [-0.3, -0.25) is 0 Å². The molecule has 2 amide bonds. The minimum Gasteiger partial charge on any atom is -0.336 e. The number of carbonyl (C=O) groups is 1. The van der Waals surface area contributed by atoms with Crippen molar-refractivity contribution in [3.8, 4) is 0 Å². The van der Waals surface area contributed by atoms with Gasteiger partial charge in [-0.2, -0.15) is 0 Å². The van der Waals surface area contributed by atoms with Crippen LogP contribution >= 0.6 is 11.6 Å². The highest BCUT2D eigenvalue weighted by Gasteiger charge is 2.22. The molecule has 0 aliphatic carbocycles. The fourth-order valence-corrected chi connectivity index (χ4v) is 3.53. The molecule has 5 heteroatoms. The topological polar surface area (TPSA) is 53.2 Å². The number of urea groups is 1. The van der Waals surface area contributed by atoms with Gasteiger partial charge in [-0.15, -0.1) is 0 Å². The van der Waals surface area contributed by atoms with Gasteiger partial charge < -0.3 is 16.0 Å². The van der Waals surface area contributed by atoms with E-state index in [1.165, 1.54) is 12.0 Å². The number of hydrogen-bond acceptors (Lipinski definition) is 2. The highest BCUT2D eigenvalue weighted by molar-refractivity contribution is 6.30. The lowest BCUT2D eigenvalue weighted by atomic mass is 9.87. The summed E-state index contributed by atoms with van der Waals surface area (Å²) in [6.07, 6.45) is 3.36. The van der Waals surface area contributed by atoms with E-state index < -0.39 is 0 Å². The molecule has 0 radical (unpaired) electrons. The lowest BCUT2D eigenvalue weighted by molar-refractivity contribution is 0.246. The van der Waals surface area contributed by atoms with Crippen molar-refractivity contribution in [1.82, 2.24) is 10.6 Å². The first kappa shape index (κ1) is 17.8. The average molecular weight is 358 g/mol. The number of hydrogen-bond donors (Lipinski definition) is 3. The Kier molecular flexibility index (Phi) is 6.31. The predicted octanol–water partition coefficient (Wildman–Crippen LogP) is 4.07. The Hall–Kier alpha value is -2.04. The molecule has 2 atom stereocenters. The van der Waals surface area contributed by atoms with Gasteiger partial charge in [-0.25, -0.2) is 4.79 Å². The molecule has 3 rings (SSSR count). The Labute approximate surface area is 154 Å². The monoisotopic (exact) mass is 357 g/mol. The van der Waals surface area contributed by atoms with Crippen LogP contribution in [0.2, 0.25) is 5.02 Å². The van der Waals surface area contributed by atoms with E-state index in [1.807, 2.05) is 12.1 Å². The molecule has 1 saturated heterocycles. The summed E-state index contributed by atoms with van der Waals surface area (Å²) in [5.41, 5.74) is 2.09. The van der Waals surface area contributed by atoms with Crippen LogP contribution < -0.4 is 16.0 Å². The van der Waals surface area contributed by atoms with Crippen molar-refractivity contribution in [3.05, 3.63) is 65.2 Å². The largest absolute Gasteiger partial charge is 0.336 e. The van der Waals surface area contributed by atoms with E-state index in [-0.39, 0.29) is 6.03 Å². The normalized spacial score (nSPS) is 20.0. The van der Waals surface area contributed by atoms with Gasteiger partial charge in [-0.05, 0) is 55.5 Å². The van der Waals surface area contributed by atoms with Crippen LogP contribution in [0.4, 0.5) is 10.5 Å². The third kappa shape index (κ3) is 5.76. The van der Waals surface area contributed by atoms with E-state index in [2.05, 4.69) is 46.3 Å². The molecule has 1 fully saturated rings. The van der Waals surface area contributed by atoms with Gasteiger partial charge in [0.2, 0.25) is 0 Å². The number of halogens is 1. The molecule has 0 unspecified atom stereocenters. The quantitative estimate of drug-likeness (QED) is 0.755. The van der Waals surface area contributed by atoms with Gasteiger partial charge >= 0.3 is 6.03 Å². The molecule has 2 aromatic rings. The van der Waals surface area contributed by atoms with Crippen molar-refractivity contribution in [3.63, 3.8) is 0 Å². The molecule has 1 aliphatic heterocycles. The van der Waals surface area contributed by atoms with Crippen molar-refractivity contribution in [2.24, 2.45) is 5.92 Å². The third-order valence-corrected chi connectivity index (χ3v) is 4.80. The lowest BCUT2D eigenvalue weighted by Crippen LogP contribution is -2.47. The molecule has 0 bridgehead atoms. The van der Waals surface area contributed by atoms with Crippen LogP contribution in [0.5, 0.6) is 0 Å². The summed E-state index contributed by atoms with van der Waals surface area (Å²) >= 11 is 5.93. The summed E-state index contributed by atoms with van der Waals surface area (Å²) in [6, 6.07) is 17.9. The van der Waals surface area contributed by atoms with Crippen LogP contribution in [0.3, 0.4) is 0 Å². The zero-order valence-electron chi connectivity index (χ0n) is 14.2. The van der Waals surface area contributed by atoms with Crippen LogP contribution in [-0.2, 0) is 6.42 Å². The molecular weight excluding hydrogens is 334 g/mol. The molecule has 2 aromatic carbocycles. The molecule has 3 N–H and O–H groups in total. The summed E-state index contributed by atoms with van der Waals surface area (Å²) in [7, 11) is 0. The van der Waals surface area contributed by atoms with Gasteiger partial charge in [0, 0.05) is 23.3 Å². The Morgan fingerprint density at radius 1 is 1.16 bits per heavy atom. The van der Waals surface area contributed by atoms with Gasteiger partial charge in [0.05, 0.1) is 0 Å². The molecule has 25 heavy (non-hydrogen) atoms. The average Bonchev–Trinajstić information content (AvgIpc) is 2.61. The van der Waals surface area contributed by atoms with Crippen LogP contribution in [0.25, 0.3) is 0 Å². The van der Waals surface area contributed by atoms with E-state index in [4.69, 9.17) is 11.6 Å². The third-order valence-electron chi connectivity index (χ3n) is 4.56. The van der Waals surface area contributed by atoms with Gasteiger partial charge in [-0.1, -0.05) is 48.0 Å². The number of piperidine rings is 1. The van der Waals surface area contributed by atoms with Crippen molar-refractivity contribution >= 4 is 23.3 Å². The molecular formula is C20H24ClN3O. The van der Waals surface area contributed by atoms with E-state index >= 15 is 0 Å². The number of benzene rings is 2. The molecule has 0 spiro atoms. The molecule has 0 aromatic heterocycles. The molecule has 0 saturated carbocycles. The maximum atomic E-state index is 12.0. The van der Waals surface area contributed by atoms with Crippen LogP contribution in [0, 0.1) is 5.92 Å². The zero-order valence-corrected chi connectivity index (χ0v) is 14.9. The van der Waals surface area contributed by atoms with E-state index in [1.54, 1.807) is 12.1 Å². The van der Waals surface area contributed by atoms with E-state index in [0.717, 1.165) is 19.4 Å². The molecule has 1 aliphatic rings. The van der Waals surface area contributed by atoms with Crippen molar-refractivity contribution in [2.45, 2.75) is 25.3 Å². The Balaban J connectivity index is 1.44. The first-order chi connectivity index (χ1) is 12.2. The highest BCUT2D eigenvalue weighted by Crippen LogP contribution is 2.21. The number of amides is 2. The summed E-state index contributed by atoms with van der Waals surface area (Å²) < 4.78 is 0. The van der Waals surface area contributed by atoms with E-state index in [0.29, 0.717) is 29.2 Å². The van der Waals surface area contributed by atoms with Gasteiger partial charge in [0.15, 0.2) is 0 Å². The summed E-state index contributed by atoms with van der Waals surface area (Å²) in [5.74, 6) is 0.659. The second kappa shape index (κ2) is 8.88. The fraction of sp³-hybridized carbons (Fsp3) is 0.350. The van der Waals surface area contributed by atoms with Crippen LogP contribution in [0.1, 0.15) is 18.4 Å². The Morgan fingerprint density at radius 3 is 2.80 bits per heavy atom. The molecule has 4 nitrogen and oxygen atoms in total. The van der Waals surface area contributed by atoms with Crippen LogP contribution in [-0.4, -0.2) is 25.2 Å². The van der Waals surface area contributed by atoms with Crippen molar-refractivity contribution in [2.75, 3.05) is 18.4 Å². The van der Waals surface area contributed by atoms with Crippen LogP contribution in [0.15, 0.2) is 54.6 Å². The SMILES string of the molecule is O=C(NC[C@@H]1C[C@H](Cc2ccccc2)CCN1)Nc1cccc(Cl)c1. The summed E-state index contributed by atoms with van der Waals surface area (Å²) in [4.78, 5) is 12.0. The number of nitrogens with one attached hydrogen (secondary N) is 3. The van der Waals surface area contributed by atoms with Crippen molar-refractivity contribution in [1.29, 1.82) is 0 Å². The minimum absolute atomic E-state index is 0.200. The second-order valence-corrected chi connectivity index (χ2v) is 7.01. The smallest absolute Gasteiger partial charge is 0.319 e.